The van der Waals surface area contributed by atoms with E-state index in [1.165, 1.54) is 0 Å². The minimum atomic E-state index is -4.75. The highest BCUT2D eigenvalue weighted by Gasteiger charge is 2.38. The van der Waals surface area contributed by atoms with E-state index in [1.54, 1.807) is 0 Å². The van der Waals surface area contributed by atoms with Crippen molar-refractivity contribution in [3.8, 4) is 0 Å². The summed E-state index contributed by atoms with van der Waals surface area (Å²) in [6, 6.07) is 0. The van der Waals surface area contributed by atoms with Gasteiger partial charge in [-0.2, -0.15) is 13.2 Å². The van der Waals surface area contributed by atoms with E-state index in [4.69, 9.17) is 0 Å². The number of hydrogen-bond acceptors (Lipinski definition) is 3. The molecular weight excluding hydrogens is 295 g/mol. The molecule has 0 bridgehead atoms. The van der Waals surface area contributed by atoms with Crippen molar-refractivity contribution in [2.75, 3.05) is 5.32 Å². The quantitative estimate of drug-likeness (QED) is 0.776. The molecule has 1 aliphatic heterocycles. The molecule has 0 saturated heterocycles. The van der Waals surface area contributed by atoms with Crippen molar-refractivity contribution in [2.45, 2.75) is 12.7 Å². The van der Waals surface area contributed by atoms with Gasteiger partial charge < -0.3 is 0 Å². The van der Waals surface area contributed by atoms with Crippen LogP contribution in [0.25, 0.3) is 0 Å². The number of nitrogens with one attached hydrogen (secondary N) is 1. The Balaban J connectivity index is 2.71. The minimum absolute atomic E-state index is 0.322. The highest BCUT2D eigenvalue weighted by Crippen LogP contribution is 2.32. The van der Waals surface area contributed by atoms with Crippen molar-refractivity contribution in [2.24, 2.45) is 0 Å². The largest absolute Gasteiger partial charge is 0.434 e. The second-order valence-electron chi connectivity index (χ2n) is 3.04. The Morgan fingerprint density at radius 3 is 2.56 bits per heavy atom. The molecular formula is C7H3BrF3N3O2. The third-order valence-electron chi connectivity index (χ3n) is 1.94. The van der Waals surface area contributed by atoms with E-state index in [0.29, 0.717) is 0 Å². The van der Waals surface area contributed by atoms with Crippen LogP contribution in [0.3, 0.4) is 0 Å². The van der Waals surface area contributed by atoms with Gasteiger partial charge in [0.15, 0.2) is 5.69 Å². The number of amides is 1. The number of hydrogen-bond donors (Lipinski definition) is 1. The first-order chi connectivity index (χ1) is 7.30. The van der Waals surface area contributed by atoms with Gasteiger partial charge in [0.05, 0.1) is 0 Å². The Kier molecular flexibility index (Phi) is 2.30. The number of fused-ring (bicyclic) bond motifs is 1. The van der Waals surface area contributed by atoms with Crippen LogP contribution in [0, 0.1) is 0 Å². The maximum Gasteiger partial charge on any atom is 0.434 e. The van der Waals surface area contributed by atoms with Gasteiger partial charge >= 0.3 is 6.18 Å². The van der Waals surface area contributed by atoms with Gasteiger partial charge in [-0.1, -0.05) is 0 Å². The van der Waals surface area contributed by atoms with Gasteiger partial charge in [0, 0.05) is 0 Å². The lowest BCUT2D eigenvalue weighted by molar-refractivity contribution is -0.141. The van der Waals surface area contributed by atoms with Crippen LogP contribution in [0.4, 0.5) is 19.1 Å². The molecule has 1 aromatic rings. The predicted molar refractivity (Wildman–Crippen MR) is 49.8 cm³/mol. The molecule has 0 radical (unpaired) electrons. The average Bonchev–Trinajstić information content (AvgIpc) is 2.51. The van der Waals surface area contributed by atoms with E-state index in [0.717, 1.165) is 4.57 Å². The van der Waals surface area contributed by atoms with Crippen molar-refractivity contribution < 1.29 is 18.0 Å². The second-order valence-corrected chi connectivity index (χ2v) is 3.83. The maximum atomic E-state index is 12.4. The van der Waals surface area contributed by atoms with Crippen LogP contribution in [0.5, 0.6) is 0 Å². The standard InChI is InChI=1S/C7H3BrF3N3O2/c8-3-4(7(9,10)11)13-6-12-2(15)1-14(6)5(3)16/h1H2,(H,12,13,15). The van der Waals surface area contributed by atoms with E-state index < -0.39 is 27.8 Å². The molecule has 1 amide bonds. The normalized spacial score (nSPS) is 14.9. The molecule has 0 unspecified atom stereocenters. The van der Waals surface area contributed by atoms with Crippen LogP contribution in [-0.4, -0.2) is 15.5 Å². The topological polar surface area (TPSA) is 64.0 Å². The molecule has 1 aromatic heterocycles. The molecule has 0 saturated carbocycles. The summed E-state index contributed by atoms with van der Waals surface area (Å²) in [6.07, 6.45) is -4.75. The summed E-state index contributed by atoms with van der Waals surface area (Å²) < 4.78 is 37.5. The molecule has 0 fully saturated rings. The number of nitrogens with zero attached hydrogens (tertiary/aromatic N) is 2. The van der Waals surface area contributed by atoms with Gasteiger partial charge in [-0.05, 0) is 15.9 Å². The third kappa shape index (κ3) is 1.60. The summed E-state index contributed by atoms with van der Waals surface area (Å²) in [5.41, 5.74) is -2.28. The lowest BCUT2D eigenvalue weighted by Gasteiger charge is -2.09. The summed E-state index contributed by atoms with van der Waals surface area (Å²) >= 11 is 2.53. The van der Waals surface area contributed by atoms with E-state index in [9.17, 15) is 22.8 Å². The fourth-order valence-corrected chi connectivity index (χ4v) is 1.80. The average molecular weight is 298 g/mol. The molecule has 1 aliphatic rings. The first-order valence-electron chi connectivity index (χ1n) is 3.98. The molecule has 1 N–H and O–H groups in total. The van der Waals surface area contributed by atoms with E-state index in [-0.39, 0.29) is 12.5 Å². The van der Waals surface area contributed by atoms with E-state index in [1.807, 2.05) is 0 Å². The number of carbonyl (C=O) groups excluding carboxylic acids is 1. The summed E-state index contributed by atoms with van der Waals surface area (Å²) in [4.78, 5) is 25.6. The first kappa shape index (κ1) is 11.1. The van der Waals surface area contributed by atoms with Crippen LogP contribution in [0.2, 0.25) is 0 Å². The SMILES string of the molecule is O=C1Cn2c(nc(C(F)(F)F)c(Br)c2=O)N1. The monoisotopic (exact) mass is 297 g/mol. The minimum Gasteiger partial charge on any atom is -0.294 e. The molecule has 16 heavy (non-hydrogen) atoms. The number of alkyl halides is 3. The summed E-state index contributed by atoms with van der Waals surface area (Å²) in [6.45, 7) is -0.322. The molecule has 0 aliphatic carbocycles. The second kappa shape index (κ2) is 3.30. The number of anilines is 1. The van der Waals surface area contributed by atoms with Crippen molar-refractivity contribution in [1.82, 2.24) is 9.55 Å². The number of aromatic nitrogens is 2. The van der Waals surface area contributed by atoms with Gasteiger partial charge in [0.1, 0.15) is 11.0 Å². The number of halogens is 4. The molecule has 2 rings (SSSR count). The van der Waals surface area contributed by atoms with E-state index in [2.05, 4.69) is 26.2 Å². The van der Waals surface area contributed by atoms with Crippen molar-refractivity contribution >= 4 is 27.8 Å². The first-order valence-corrected chi connectivity index (χ1v) is 4.77. The highest BCUT2D eigenvalue weighted by atomic mass is 79.9. The zero-order valence-electron chi connectivity index (χ0n) is 7.43. The van der Waals surface area contributed by atoms with Gasteiger partial charge in [0.2, 0.25) is 11.9 Å². The lowest BCUT2D eigenvalue weighted by Crippen LogP contribution is -2.25. The predicted octanol–water partition coefficient (Wildman–Crippen LogP) is 0.977. The smallest absolute Gasteiger partial charge is 0.294 e. The zero-order chi connectivity index (χ0) is 12.1. The van der Waals surface area contributed by atoms with Gasteiger partial charge in [-0.15, -0.1) is 0 Å². The Morgan fingerprint density at radius 2 is 2.00 bits per heavy atom. The van der Waals surface area contributed by atoms with Crippen molar-refractivity contribution in [3.05, 3.63) is 20.5 Å². The molecule has 5 nitrogen and oxygen atoms in total. The fourth-order valence-electron chi connectivity index (χ4n) is 1.27. The maximum absolute atomic E-state index is 12.4. The van der Waals surface area contributed by atoms with Gasteiger partial charge in [-0.25, -0.2) is 4.98 Å². The van der Waals surface area contributed by atoms with E-state index >= 15 is 0 Å². The number of carbonyl (C=O) groups is 1. The lowest BCUT2D eigenvalue weighted by atomic mass is 10.4. The summed E-state index contributed by atoms with van der Waals surface area (Å²) in [7, 11) is 0. The Labute approximate surface area is 94.4 Å². The van der Waals surface area contributed by atoms with Crippen LogP contribution < -0.4 is 10.9 Å². The van der Waals surface area contributed by atoms with Crippen molar-refractivity contribution in [1.29, 1.82) is 0 Å². The van der Waals surface area contributed by atoms with Crippen LogP contribution >= 0.6 is 15.9 Å². The highest BCUT2D eigenvalue weighted by molar-refractivity contribution is 9.10. The Hall–Kier alpha value is -1.38. The molecule has 2 heterocycles. The zero-order valence-corrected chi connectivity index (χ0v) is 9.02. The van der Waals surface area contributed by atoms with Crippen LogP contribution in [0.15, 0.2) is 9.27 Å². The summed E-state index contributed by atoms with van der Waals surface area (Å²) in [5, 5.41) is 2.07. The van der Waals surface area contributed by atoms with Crippen LogP contribution in [0.1, 0.15) is 5.69 Å². The van der Waals surface area contributed by atoms with Crippen LogP contribution in [-0.2, 0) is 17.5 Å². The molecule has 0 aromatic carbocycles. The Morgan fingerprint density at radius 1 is 1.38 bits per heavy atom. The third-order valence-corrected chi connectivity index (χ3v) is 2.65. The molecule has 86 valence electrons. The fraction of sp³-hybridized carbons (Fsp3) is 0.286. The molecule has 0 spiro atoms. The summed E-state index contributed by atoms with van der Waals surface area (Å²) in [5.74, 6) is -0.957. The molecule has 0 atom stereocenters. The van der Waals surface area contributed by atoms with Gasteiger partial charge in [-0.3, -0.25) is 19.5 Å². The molecule has 9 heteroatoms. The number of rotatable bonds is 0. The van der Waals surface area contributed by atoms with Gasteiger partial charge in [0.25, 0.3) is 5.56 Å². The van der Waals surface area contributed by atoms with Crippen molar-refractivity contribution in [3.63, 3.8) is 0 Å². The Bertz CT molecular complexity index is 537.